The number of hydrogen-bond donors (Lipinski definition) is 1. The van der Waals surface area contributed by atoms with Gasteiger partial charge >= 0.3 is 5.97 Å². The molecule has 1 heterocycles. The second-order valence-corrected chi connectivity index (χ2v) is 5.33. The molecule has 0 fully saturated rings. The molecule has 1 atom stereocenters. The highest BCUT2D eigenvalue weighted by atomic mass is 16.6. The lowest BCUT2D eigenvalue weighted by Gasteiger charge is -2.27. The van der Waals surface area contributed by atoms with Gasteiger partial charge in [0.15, 0.2) is 0 Å². The summed E-state index contributed by atoms with van der Waals surface area (Å²) in [6, 6.07) is 11.9. The molecule has 1 N–H and O–H groups in total. The van der Waals surface area contributed by atoms with Crippen LogP contribution in [0.3, 0.4) is 0 Å². The quantitative estimate of drug-likeness (QED) is 0.692. The van der Waals surface area contributed by atoms with Crippen molar-refractivity contribution in [3.63, 3.8) is 0 Å². The molecule has 6 heteroatoms. The Kier molecular flexibility index (Phi) is 4.37. The molecule has 1 aliphatic rings. The number of aromatic hydroxyl groups is 1. The number of phenolic OH excluding ortho intramolecular Hbond substituents is 1. The van der Waals surface area contributed by atoms with Gasteiger partial charge in [0.25, 0.3) is 0 Å². The lowest BCUT2D eigenvalue weighted by Crippen LogP contribution is -2.21. The summed E-state index contributed by atoms with van der Waals surface area (Å²) >= 11 is 0. The van der Waals surface area contributed by atoms with Crippen LogP contribution in [0.5, 0.6) is 11.5 Å². The molecule has 6 nitrogen and oxygen atoms in total. The minimum atomic E-state index is -0.406. The number of hydrogen-bond acceptors (Lipinski definition) is 6. The zero-order valence-electron chi connectivity index (χ0n) is 13.4. The van der Waals surface area contributed by atoms with E-state index in [0.717, 1.165) is 11.1 Å². The fourth-order valence-electron chi connectivity index (χ4n) is 2.69. The molecule has 0 bridgehead atoms. The molecule has 0 aliphatic carbocycles. The Balaban J connectivity index is 1.99. The molecule has 0 saturated heterocycles. The molecule has 3 rings (SSSR count). The average Bonchev–Trinajstić information content (AvgIpc) is 2.61. The minimum absolute atomic E-state index is 0.106. The second kappa shape index (κ2) is 6.62. The third kappa shape index (κ3) is 3.03. The fourth-order valence-corrected chi connectivity index (χ4v) is 2.69. The summed E-state index contributed by atoms with van der Waals surface area (Å²) in [7, 11) is 2.82. The predicted octanol–water partition coefficient (Wildman–Crippen LogP) is 3.05. The molecule has 124 valence electrons. The van der Waals surface area contributed by atoms with E-state index in [-0.39, 0.29) is 11.9 Å². The normalized spacial score (nSPS) is 17.8. The van der Waals surface area contributed by atoms with E-state index in [9.17, 15) is 9.90 Å². The molecule has 0 saturated carbocycles. The SMILES string of the molecule is CON=C1CC(c2cccc(C(=O)OC)c2)Oc2cc(O)ccc21. The summed E-state index contributed by atoms with van der Waals surface area (Å²) in [5.41, 5.74) is 2.75. The van der Waals surface area contributed by atoms with Crippen LogP contribution in [0.4, 0.5) is 0 Å². The van der Waals surface area contributed by atoms with Crippen LogP contribution in [0.15, 0.2) is 47.6 Å². The molecule has 2 aromatic rings. The highest BCUT2D eigenvalue weighted by Crippen LogP contribution is 2.37. The highest BCUT2D eigenvalue weighted by molar-refractivity contribution is 6.04. The van der Waals surface area contributed by atoms with Crippen molar-refractivity contribution in [2.75, 3.05) is 14.2 Å². The van der Waals surface area contributed by atoms with Gasteiger partial charge in [-0.1, -0.05) is 17.3 Å². The maximum Gasteiger partial charge on any atom is 0.337 e. The number of fused-ring (bicyclic) bond motifs is 1. The molecule has 0 aromatic heterocycles. The Bertz CT molecular complexity index is 800. The number of rotatable bonds is 3. The van der Waals surface area contributed by atoms with Crippen molar-refractivity contribution in [3.05, 3.63) is 59.2 Å². The lowest BCUT2D eigenvalue weighted by molar-refractivity contribution is 0.0600. The van der Waals surface area contributed by atoms with Crippen molar-refractivity contribution >= 4 is 11.7 Å². The summed E-state index contributed by atoms with van der Waals surface area (Å²) in [6.07, 6.45) is 0.133. The minimum Gasteiger partial charge on any atom is -0.508 e. The first-order chi connectivity index (χ1) is 11.6. The molecular formula is C18H17NO5. The van der Waals surface area contributed by atoms with Gasteiger partial charge in [-0.05, 0) is 29.8 Å². The Labute approximate surface area is 139 Å². The monoisotopic (exact) mass is 327 g/mol. The van der Waals surface area contributed by atoms with E-state index in [1.54, 1.807) is 30.3 Å². The number of benzene rings is 2. The lowest BCUT2D eigenvalue weighted by atomic mass is 9.94. The van der Waals surface area contributed by atoms with Crippen molar-refractivity contribution in [2.24, 2.45) is 5.16 Å². The average molecular weight is 327 g/mol. The molecule has 24 heavy (non-hydrogen) atoms. The highest BCUT2D eigenvalue weighted by Gasteiger charge is 2.27. The summed E-state index contributed by atoms with van der Waals surface area (Å²) in [5, 5.41) is 13.8. The van der Waals surface area contributed by atoms with Crippen LogP contribution in [0.2, 0.25) is 0 Å². The Morgan fingerprint density at radius 2 is 2.08 bits per heavy atom. The Hall–Kier alpha value is -3.02. The molecule has 1 unspecified atom stereocenters. The Morgan fingerprint density at radius 3 is 2.83 bits per heavy atom. The van der Waals surface area contributed by atoms with Crippen LogP contribution in [-0.4, -0.2) is 31.0 Å². The van der Waals surface area contributed by atoms with Crippen LogP contribution in [0.25, 0.3) is 0 Å². The summed E-state index contributed by atoms with van der Waals surface area (Å²) in [6.45, 7) is 0. The van der Waals surface area contributed by atoms with Crippen molar-refractivity contribution in [2.45, 2.75) is 12.5 Å². The topological polar surface area (TPSA) is 77.4 Å². The Morgan fingerprint density at radius 1 is 1.25 bits per heavy atom. The van der Waals surface area contributed by atoms with Crippen LogP contribution >= 0.6 is 0 Å². The first-order valence-corrected chi connectivity index (χ1v) is 7.40. The van der Waals surface area contributed by atoms with E-state index in [1.165, 1.54) is 20.3 Å². The molecule has 1 aliphatic heterocycles. The van der Waals surface area contributed by atoms with Gasteiger partial charge in [0.1, 0.15) is 24.7 Å². The molecule has 0 spiro atoms. The van der Waals surface area contributed by atoms with Gasteiger partial charge in [0.05, 0.1) is 18.4 Å². The predicted molar refractivity (Wildman–Crippen MR) is 87.4 cm³/mol. The number of phenols is 1. The van der Waals surface area contributed by atoms with Gasteiger partial charge in [-0.2, -0.15) is 0 Å². The molecular weight excluding hydrogens is 310 g/mol. The van der Waals surface area contributed by atoms with E-state index in [2.05, 4.69) is 5.16 Å². The van der Waals surface area contributed by atoms with Crippen LogP contribution in [-0.2, 0) is 9.57 Å². The number of esters is 1. The van der Waals surface area contributed by atoms with Crippen molar-refractivity contribution in [1.29, 1.82) is 0 Å². The zero-order chi connectivity index (χ0) is 17.1. The number of carbonyl (C=O) groups excluding carboxylic acids is 1. The number of carbonyl (C=O) groups is 1. The van der Waals surface area contributed by atoms with E-state index in [0.29, 0.717) is 23.4 Å². The molecule has 0 amide bonds. The number of oxime groups is 1. The smallest absolute Gasteiger partial charge is 0.337 e. The standard InChI is InChI=1S/C18H17NO5/c1-22-18(21)12-5-3-4-11(8-12)16-10-15(19-23-2)14-7-6-13(20)9-17(14)24-16/h3-9,16,20H,10H2,1-2H3. The first kappa shape index (κ1) is 15.9. The third-order valence-electron chi connectivity index (χ3n) is 3.81. The van der Waals surface area contributed by atoms with Crippen LogP contribution in [0.1, 0.15) is 34.0 Å². The number of methoxy groups -OCH3 is 1. The number of nitrogens with zero attached hydrogens (tertiary/aromatic N) is 1. The van der Waals surface area contributed by atoms with Crippen molar-refractivity contribution in [1.82, 2.24) is 0 Å². The van der Waals surface area contributed by atoms with E-state index >= 15 is 0 Å². The van der Waals surface area contributed by atoms with Crippen LogP contribution < -0.4 is 4.74 Å². The maximum atomic E-state index is 11.7. The van der Waals surface area contributed by atoms with Crippen LogP contribution in [0, 0.1) is 0 Å². The van der Waals surface area contributed by atoms with Gasteiger partial charge in [-0.25, -0.2) is 4.79 Å². The van der Waals surface area contributed by atoms with E-state index in [4.69, 9.17) is 14.3 Å². The van der Waals surface area contributed by atoms with Gasteiger partial charge < -0.3 is 19.4 Å². The van der Waals surface area contributed by atoms with Gasteiger partial charge in [-0.3, -0.25) is 0 Å². The largest absolute Gasteiger partial charge is 0.508 e. The fraction of sp³-hybridized carbons (Fsp3) is 0.222. The summed E-state index contributed by atoms with van der Waals surface area (Å²) in [5.74, 6) is 0.219. The van der Waals surface area contributed by atoms with E-state index < -0.39 is 5.97 Å². The van der Waals surface area contributed by atoms with Gasteiger partial charge in [-0.15, -0.1) is 0 Å². The third-order valence-corrected chi connectivity index (χ3v) is 3.81. The first-order valence-electron chi connectivity index (χ1n) is 7.40. The van der Waals surface area contributed by atoms with E-state index in [1.807, 2.05) is 6.07 Å². The molecule has 2 aromatic carbocycles. The summed E-state index contributed by atoms with van der Waals surface area (Å²) < 4.78 is 10.7. The maximum absolute atomic E-state index is 11.7. The molecule has 0 radical (unpaired) electrons. The second-order valence-electron chi connectivity index (χ2n) is 5.33. The summed E-state index contributed by atoms with van der Waals surface area (Å²) in [4.78, 5) is 16.6. The van der Waals surface area contributed by atoms with Gasteiger partial charge in [0.2, 0.25) is 0 Å². The zero-order valence-corrected chi connectivity index (χ0v) is 13.4. The van der Waals surface area contributed by atoms with Crippen molar-refractivity contribution < 1.29 is 24.2 Å². The number of ether oxygens (including phenoxy) is 2. The van der Waals surface area contributed by atoms with Gasteiger partial charge in [0, 0.05) is 18.1 Å². The van der Waals surface area contributed by atoms with Crippen molar-refractivity contribution in [3.8, 4) is 11.5 Å².